The monoisotopic (exact) mass is 545 g/mol. The molecular formula is C29H39N9O2. The first-order valence-electron chi connectivity index (χ1n) is 13.4. The lowest BCUT2D eigenvalue weighted by molar-refractivity contribution is 0.281. The van der Waals surface area contributed by atoms with E-state index < -0.39 is 0 Å². The Hall–Kier alpha value is -4.19. The minimum Gasteiger partial charge on any atom is -0.397 e. The molecule has 1 aliphatic rings. The Labute approximate surface area is 235 Å². The van der Waals surface area contributed by atoms with E-state index in [1.165, 1.54) is 0 Å². The number of nitrogens with one attached hydrogen (secondary N) is 2. The molecule has 11 heteroatoms. The molecule has 11 nitrogen and oxygen atoms in total. The van der Waals surface area contributed by atoms with Crippen LogP contribution in [-0.4, -0.2) is 96.2 Å². The Kier molecular flexibility index (Phi) is 9.54. The molecule has 0 saturated heterocycles. The third kappa shape index (κ3) is 6.68. The molecular weight excluding hydrogens is 506 g/mol. The van der Waals surface area contributed by atoms with Crippen LogP contribution in [-0.2, 0) is 0 Å². The first-order valence-corrected chi connectivity index (χ1v) is 13.4. The predicted octanol–water partition coefficient (Wildman–Crippen LogP) is 2.46. The zero-order valence-electron chi connectivity index (χ0n) is 23.4. The number of aromatic nitrogens is 2. The van der Waals surface area contributed by atoms with Gasteiger partial charge in [-0.1, -0.05) is 6.07 Å². The van der Waals surface area contributed by atoms with E-state index in [0.717, 1.165) is 48.0 Å². The van der Waals surface area contributed by atoms with Gasteiger partial charge in [-0.2, -0.15) is 0 Å². The lowest BCUT2D eigenvalue weighted by Gasteiger charge is -2.23. The molecule has 0 atom stereocenters. The molecule has 2 heterocycles. The molecule has 0 fully saturated rings. The van der Waals surface area contributed by atoms with Crippen LogP contribution in [0.1, 0.15) is 6.92 Å². The van der Waals surface area contributed by atoms with Crippen LogP contribution in [0.3, 0.4) is 0 Å². The van der Waals surface area contributed by atoms with E-state index in [1.54, 1.807) is 12.2 Å². The second-order valence-electron chi connectivity index (χ2n) is 9.76. The summed E-state index contributed by atoms with van der Waals surface area (Å²) in [6, 6.07) is 13.5. The highest BCUT2D eigenvalue weighted by molar-refractivity contribution is 6.24. The van der Waals surface area contributed by atoms with E-state index in [9.17, 15) is 10.2 Å². The molecule has 0 aliphatic heterocycles. The number of allylic oxidation sites excluding steroid dienone is 2. The van der Waals surface area contributed by atoms with Gasteiger partial charge < -0.3 is 36.0 Å². The van der Waals surface area contributed by atoms with Crippen LogP contribution >= 0.6 is 0 Å². The van der Waals surface area contributed by atoms with Crippen molar-refractivity contribution in [2.75, 3.05) is 75.1 Å². The van der Waals surface area contributed by atoms with Crippen LogP contribution in [0.2, 0.25) is 0 Å². The quantitative estimate of drug-likeness (QED) is 0.206. The largest absolute Gasteiger partial charge is 0.397 e. The number of aliphatic hydroxyl groups excluding tert-OH is 2. The van der Waals surface area contributed by atoms with Crippen LogP contribution in [0.15, 0.2) is 77.2 Å². The SMILES string of the molecule is CCN(CCN(C)C)c1nn2ccccc2c1/N=C1/C=C(Nc2ccc(N(CCO)CCO)cc2)C(=N)C=C1N. The van der Waals surface area contributed by atoms with E-state index in [0.29, 0.717) is 30.2 Å². The molecule has 6 N–H and O–H groups in total. The fourth-order valence-electron chi connectivity index (χ4n) is 4.48. The Balaban J connectivity index is 1.66. The number of aliphatic hydroxyl groups is 2. The van der Waals surface area contributed by atoms with Crippen molar-refractivity contribution in [2.45, 2.75) is 6.92 Å². The number of pyridine rings is 1. The highest BCUT2D eigenvalue weighted by Gasteiger charge is 2.21. The number of hydrogen-bond donors (Lipinski definition) is 5. The van der Waals surface area contributed by atoms with Gasteiger partial charge in [-0.15, -0.1) is 5.10 Å². The minimum atomic E-state index is -0.00000283. The van der Waals surface area contributed by atoms with Crippen molar-refractivity contribution in [1.82, 2.24) is 14.5 Å². The number of likely N-dealkylation sites (N-methyl/N-ethyl adjacent to an activating group) is 2. The normalized spacial score (nSPS) is 14.6. The van der Waals surface area contributed by atoms with Gasteiger partial charge in [0.25, 0.3) is 0 Å². The molecule has 0 bridgehead atoms. The van der Waals surface area contributed by atoms with Crippen molar-refractivity contribution in [3.8, 4) is 0 Å². The standard InChI is InChI=1S/C29H39N9O2/c1-4-36(14-13-35(2)3)29-28(27-7-5-6-12-38(27)34-29)33-26-20-25(23(30)19-24(26)31)32-21-8-10-22(11-9-21)37(15-17-39)16-18-40/h5-12,19-20,30,32,39-40H,4,13-18,31H2,1-3H3/b30-23?,33-26-. The first-order chi connectivity index (χ1) is 19.3. The molecule has 2 aromatic heterocycles. The summed E-state index contributed by atoms with van der Waals surface area (Å²) in [4.78, 5) is 11.3. The Bertz CT molecular complexity index is 1400. The van der Waals surface area contributed by atoms with Crippen LogP contribution in [0, 0.1) is 5.41 Å². The molecule has 40 heavy (non-hydrogen) atoms. The summed E-state index contributed by atoms with van der Waals surface area (Å²) in [6.45, 7) is 5.42. The average Bonchev–Trinajstić information content (AvgIpc) is 3.30. The molecule has 1 aliphatic carbocycles. The Morgan fingerprint density at radius 1 is 0.975 bits per heavy atom. The zero-order chi connectivity index (χ0) is 28.6. The van der Waals surface area contributed by atoms with E-state index in [4.69, 9.17) is 21.2 Å². The summed E-state index contributed by atoms with van der Waals surface area (Å²) in [6.07, 6.45) is 5.31. The van der Waals surface area contributed by atoms with Gasteiger partial charge in [0, 0.05) is 50.3 Å². The number of fused-ring (bicyclic) bond motifs is 1. The third-order valence-electron chi connectivity index (χ3n) is 6.64. The van der Waals surface area contributed by atoms with E-state index >= 15 is 0 Å². The summed E-state index contributed by atoms with van der Waals surface area (Å²) < 4.78 is 1.83. The van der Waals surface area contributed by atoms with Crippen molar-refractivity contribution in [3.05, 3.63) is 72.2 Å². The van der Waals surface area contributed by atoms with Gasteiger partial charge in [-0.05, 0) is 69.6 Å². The van der Waals surface area contributed by atoms with Gasteiger partial charge in [-0.3, -0.25) is 5.41 Å². The summed E-state index contributed by atoms with van der Waals surface area (Å²) in [7, 11) is 4.10. The number of nitrogens with zero attached hydrogens (tertiary/aromatic N) is 6. The lowest BCUT2D eigenvalue weighted by Crippen LogP contribution is -2.32. The van der Waals surface area contributed by atoms with Crippen LogP contribution in [0.5, 0.6) is 0 Å². The second-order valence-corrected chi connectivity index (χ2v) is 9.76. The smallest absolute Gasteiger partial charge is 0.177 e. The van der Waals surface area contributed by atoms with Gasteiger partial charge in [0.2, 0.25) is 0 Å². The zero-order valence-corrected chi connectivity index (χ0v) is 23.4. The summed E-state index contributed by atoms with van der Waals surface area (Å²) in [5, 5.41) is 35.3. The van der Waals surface area contributed by atoms with Gasteiger partial charge in [-0.25, -0.2) is 9.51 Å². The topological polar surface area (TPSA) is 142 Å². The molecule has 3 aromatic rings. The van der Waals surface area contributed by atoms with Gasteiger partial charge in [0.15, 0.2) is 5.82 Å². The highest BCUT2D eigenvalue weighted by atomic mass is 16.3. The van der Waals surface area contributed by atoms with Crippen LogP contribution in [0.25, 0.3) is 5.52 Å². The number of aliphatic imine (C=N–C) groups is 1. The van der Waals surface area contributed by atoms with E-state index in [1.807, 2.05) is 72.2 Å². The third-order valence-corrected chi connectivity index (χ3v) is 6.64. The highest BCUT2D eigenvalue weighted by Crippen LogP contribution is 2.33. The van der Waals surface area contributed by atoms with Gasteiger partial charge >= 0.3 is 0 Å². The minimum absolute atomic E-state index is 0.00000283. The summed E-state index contributed by atoms with van der Waals surface area (Å²) >= 11 is 0. The molecule has 0 amide bonds. The number of benzene rings is 1. The van der Waals surface area contributed by atoms with Crippen molar-refractivity contribution in [1.29, 1.82) is 5.41 Å². The molecule has 4 rings (SSSR count). The summed E-state index contributed by atoms with van der Waals surface area (Å²) in [5.41, 5.74) is 11.4. The van der Waals surface area contributed by atoms with Gasteiger partial charge in [0.05, 0.1) is 41.5 Å². The van der Waals surface area contributed by atoms with Crippen molar-refractivity contribution in [2.24, 2.45) is 10.7 Å². The first kappa shape index (κ1) is 28.8. The van der Waals surface area contributed by atoms with E-state index in [2.05, 4.69) is 22.0 Å². The predicted molar refractivity (Wildman–Crippen MR) is 163 cm³/mol. The summed E-state index contributed by atoms with van der Waals surface area (Å²) in [5.74, 6) is 0.783. The van der Waals surface area contributed by atoms with Gasteiger partial charge in [0.1, 0.15) is 5.69 Å². The van der Waals surface area contributed by atoms with Crippen LogP contribution in [0.4, 0.5) is 22.9 Å². The average molecular weight is 546 g/mol. The maximum atomic E-state index is 9.33. The Morgan fingerprint density at radius 2 is 1.70 bits per heavy atom. The number of hydrogen-bond acceptors (Lipinski definition) is 10. The molecule has 212 valence electrons. The number of anilines is 3. The maximum Gasteiger partial charge on any atom is 0.177 e. The lowest BCUT2D eigenvalue weighted by atomic mass is 10.0. The molecule has 0 saturated carbocycles. The van der Waals surface area contributed by atoms with Crippen LogP contribution < -0.4 is 20.9 Å². The fourth-order valence-corrected chi connectivity index (χ4v) is 4.48. The maximum absolute atomic E-state index is 9.33. The fraction of sp³-hybridized carbons (Fsp3) is 0.345. The van der Waals surface area contributed by atoms with Crippen molar-refractivity contribution in [3.63, 3.8) is 0 Å². The van der Waals surface area contributed by atoms with Crippen molar-refractivity contribution >= 4 is 39.8 Å². The molecule has 0 spiro atoms. The molecule has 0 radical (unpaired) electrons. The molecule has 0 unspecified atom stereocenters. The number of rotatable bonds is 13. The number of nitrogens with two attached hydrogens (primary N) is 1. The molecule has 1 aromatic carbocycles. The Morgan fingerprint density at radius 3 is 2.35 bits per heavy atom. The van der Waals surface area contributed by atoms with E-state index in [-0.39, 0.29) is 18.9 Å². The second kappa shape index (κ2) is 13.2. The van der Waals surface area contributed by atoms with Crippen molar-refractivity contribution < 1.29 is 10.2 Å².